The van der Waals surface area contributed by atoms with E-state index in [-0.39, 0.29) is 11.3 Å². The Kier molecular flexibility index (Phi) is 4.65. The van der Waals surface area contributed by atoms with Crippen LogP contribution in [-0.4, -0.2) is 20.6 Å². The van der Waals surface area contributed by atoms with Crippen LogP contribution in [0.4, 0.5) is 23.2 Å². The summed E-state index contributed by atoms with van der Waals surface area (Å²) in [6.07, 6.45) is -5.83. The summed E-state index contributed by atoms with van der Waals surface area (Å²) in [4.78, 5) is -0.468. The van der Waals surface area contributed by atoms with E-state index in [1.807, 2.05) is 4.72 Å². The van der Waals surface area contributed by atoms with Gasteiger partial charge in [0.2, 0.25) is 10.0 Å². The molecule has 0 aliphatic rings. The molecule has 0 aromatic heterocycles. The first-order valence-electron chi connectivity index (χ1n) is 5.57. The second-order valence-corrected chi connectivity index (χ2v) is 6.15. The highest BCUT2D eigenvalue weighted by Crippen LogP contribution is 2.24. The van der Waals surface area contributed by atoms with Gasteiger partial charge in [0.1, 0.15) is 5.82 Å². The standard InChI is InChI=1S/C11H14F4N2O2S/c1-6(5-11(13,14)15)17-20(18,19)10-4-8(16)3-9(12)7(10)2/h3-4,6,17H,5,16H2,1-2H3. The SMILES string of the molecule is Cc1c(F)cc(N)cc1S(=O)(=O)NC(C)CC(F)(F)F. The van der Waals surface area contributed by atoms with E-state index in [0.29, 0.717) is 0 Å². The Hall–Kier alpha value is -1.35. The predicted octanol–water partition coefficient (Wildman–Crippen LogP) is 2.34. The number of benzene rings is 1. The van der Waals surface area contributed by atoms with Crippen molar-refractivity contribution in [1.29, 1.82) is 0 Å². The highest BCUT2D eigenvalue weighted by Gasteiger charge is 2.32. The molecular formula is C11H14F4N2O2S. The van der Waals surface area contributed by atoms with Crippen molar-refractivity contribution in [3.05, 3.63) is 23.5 Å². The summed E-state index contributed by atoms with van der Waals surface area (Å²) in [6.45, 7) is 2.28. The monoisotopic (exact) mass is 314 g/mol. The summed E-state index contributed by atoms with van der Waals surface area (Å²) in [5.74, 6) is -0.839. The molecule has 1 aromatic rings. The van der Waals surface area contributed by atoms with E-state index in [1.54, 1.807) is 0 Å². The molecule has 4 nitrogen and oxygen atoms in total. The molecule has 0 heterocycles. The number of alkyl halides is 3. The van der Waals surface area contributed by atoms with Gasteiger partial charge >= 0.3 is 6.18 Å². The zero-order chi connectivity index (χ0) is 15.7. The van der Waals surface area contributed by atoms with Gasteiger partial charge < -0.3 is 5.73 Å². The van der Waals surface area contributed by atoms with Crippen molar-refractivity contribution in [2.45, 2.75) is 37.4 Å². The molecule has 1 rings (SSSR count). The van der Waals surface area contributed by atoms with Gasteiger partial charge in [-0.05, 0) is 26.0 Å². The second-order valence-electron chi connectivity index (χ2n) is 4.47. The van der Waals surface area contributed by atoms with Crippen LogP contribution in [0.5, 0.6) is 0 Å². The smallest absolute Gasteiger partial charge is 0.390 e. The third-order valence-electron chi connectivity index (χ3n) is 2.50. The van der Waals surface area contributed by atoms with Gasteiger partial charge in [-0.2, -0.15) is 13.2 Å². The van der Waals surface area contributed by atoms with E-state index in [9.17, 15) is 26.0 Å². The fraction of sp³-hybridized carbons (Fsp3) is 0.455. The van der Waals surface area contributed by atoms with Gasteiger partial charge in [0.15, 0.2) is 0 Å². The lowest BCUT2D eigenvalue weighted by molar-refractivity contribution is -0.137. The van der Waals surface area contributed by atoms with Gasteiger partial charge in [0.25, 0.3) is 0 Å². The summed E-state index contributed by atoms with van der Waals surface area (Å²) in [5.41, 5.74) is 5.01. The van der Waals surface area contributed by atoms with Crippen LogP contribution in [0.2, 0.25) is 0 Å². The Labute approximate surface area is 114 Å². The molecule has 0 fully saturated rings. The van der Waals surface area contributed by atoms with Gasteiger partial charge in [-0.25, -0.2) is 17.5 Å². The molecule has 0 spiro atoms. The number of hydrogen-bond donors (Lipinski definition) is 2. The fourth-order valence-electron chi connectivity index (χ4n) is 1.67. The first-order chi connectivity index (χ1) is 8.92. The molecule has 1 aromatic carbocycles. The van der Waals surface area contributed by atoms with Crippen molar-refractivity contribution in [2.24, 2.45) is 0 Å². The normalized spacial score (nSPS) is 14.3. The zero-order valence-electron chi connectivity index (χ0n) is 10.8. The Bertz CT molecular complexity index is 599. The van der Waals surface area contributed by atoms with Gasteiger partial charge in [-0.15, -0.1) is 0 Å². The van der Waals surface area contributed by atoms with Crippen LogP contribution in [0.15, 0.2) is 17.0 Å². The van der Waals surface area contributed by atoms with Gasteiger partial charge in [-0.3, -0.25) is 0 Å². The third kappa shape index (κ3) is 4.34. The summed E-state index contributed by atoms with van der Waals surface area (Å²) < 4.78 is 75.7. The molecule has 0 aliphatic carbocycles. The van der Waals surface area contributed by atoms with Crippen LogP contribution in [0.3, 0.4) is 0 Å². The Morgan fingerprint density at radius 2 is 1.90 bits per heavy atom. The fourth-order valence-corrected chi connectivity index (χ4v) is 3.20. The lowest BCUT2D eigenvalue weighted by atomic mass is 10.2. The average molecular weight is 314 g/mol. The summed E-state index contributed by atoms with van der Waals surface area (Å²) in [5, 5.41) is 0. The van der Waals surface area contributed by atoms with Crippen molar-refractivity contribution in [3.63, 3.8) is 0 Å². The molecule has 0 bridgehead atoms. The number of sulfonamides is 1. The van der Waals surface area contributed by atoms with E-state index >= 15 is 0 Å². The number of rotatable bonds is 4. The number of hydrogen-bond acceptors (Lipinski definition) is 3. The zero-order valence-corrected chi connectivity index (χ0v) is 11.6. The summed E-state index contributed by atoms with van der Waals surface area (Å²) >= 11 is 0. The van der Waals surface area contributed by atoms with Crippen molar-refractivity contribution in [2.75, 3.05) is 5.73 Å². The number of nitrogens with two attached hydrogens (primary N) is 1. The molecule has 0 saturated heterocycles. The van der Waals surface area contributed by atoms with Crippen LogP contribution < -0.4 is 10.5 Å². The van der Waals surface area contributed by atoms with E-state index in [2.05, 4.69) is 0 Å². The lowest BCUT2D eigenvalue weighted by Gasteiger charge is -2.17. The molecule has 1 atom stereocenters. The van der Waals surface area contributed by atoms with E-state index < -0.39 is 39.4 Å². The molecular weight excluding hydrogens is 300 g/mol. The molecule has 1 unspecified atom stereocenters. The number of nitrogens with one attached hydrogen (secondary N) is 1. The molecule has 3 N–H and O–H groups in total. The van der Waals surface area contributed by atoms with Crippen LogP contribution in [0.25, 0.3) is 0 Å². The third-order valence-corrected chi connectivity index (χ3v) is 4.22. The van der Waals surface area contributed by atoms with Crippen LogP contribution in [-0.2, 0) is 10.0 Å². The molecule has 20 heavy (non-hydrogen) atoms. The highest BCUT2D eigenvalue weighted by molar-refractivity contribution is 7.89. The minimum atomic E-state index is -4.50. The summed E-state index contributed by atoms with van der Waals surface area (Å²) in [6, 6.07) is 0.568. The first kappa shape index (κ1) is 16.7. The van der Waals surface area contributed by atoms with E-state index in [4.69, 9.17) is 5.73 Å². The average Bonchev–Trinajstić information content (AvgIpc) is 2.19. The number of halogens is 4. The van der Waals surface area contributed by atoms with Crippen LogP contribution >= 0.6 is 0 Å². The van der Waals surface area contributed by atoms with Gasteiger partial charge in [0.05, 0.1) is 11.3 Å². The largest absolute Gasteiger partial charge is 0.399 e. The maximum atomic E-state index is 13.4. The van der Waals surface area contributed by atoms with Crippen molar-refractivity contribution < 1.29 is 26.0 Å². The minimum absolute atomic E-state index is 0.128. The molecule has 0 amide bonds. The van der Waals surface area contributed by atoms with Crippen LogP contribution in [0, 0.1) is 12.7 Å². The van der Waals surface area contributed by atoms with Gasteiger partial charge in [-0.1, -0.05) is 0 Å². The minimum Gasteiger partial charge on any atom is -0.399 e. The van der Waals surface area contributed by atoms with E-state index in [0.717, 1.165) is 19.1 Å². The number of anilines is 1. The quantitative estimate of drug-likeness (QED) is 0.662. The predicted molar refractivity (Wildman–Crippen MR) is 66.0 cm³/mol. The lowest BCUT2D eigenvalue weighted by Crippen LogP contribution is -2.36. The first-order valence-corrected chi connectivity index (χ1v) is 7.05. The molecule has 0 aliphatic heterocycles. The molecule has 114 valence electrons. The summed E-state index contributed by atoms with van der Waals surface area (Å²) in [7, 11) is -4.28. The highest BCUT2D eigenvalue weighted by atomic mass is 32.2. The van der Waals surface area contributed by atoms with Crippen molar-refractivity contribution in [3.8, 4) is 0 Å². The Morgan fingerprint density at radius 3 is 2.40 bits per heavy atom. The molecule has 0 saturated carbocycles. The van der Waals surface area contributed by atoms with Crippen LogP contribution in [0.1, 0.15) is 18.9 Å². The second kappa shape index (κ2) is 5.57. The Morgan fingerprint density at radius 1 is 1.35 bits per heavy atom. The van der Waals surface area contributed by atoms with Crippen molar-refractivity contribution in [1.82, 2.24) is 4.72 Å². The topological polar surface area (TPSA) is 72.2 Å². The van der Waals surface area contributed by atoms with Gasteiger partial charge in [0, 0.05) is 17.3 Å². The van der Waals surface area contributed by atoms with E-state index in [1.165, 1.54) is 6.92 Å². The molecule has 9 heteroatoms. The molecule has 0 radical (unpaired) electrons. The maximum Gasteiger partial charge on any atom is 0.390 e. The Balaban J connectivity index is 3.06. The number of nitrogen functional groups attached to an aromatic ring is 1. The van der Waals surface area contributed by atoms with Crippen molar-refractivity contribution >= 4 is 15.7 Å². The maximum absolute atomic E-state index is 13.4.